The highest BCUT2D eigenvalue weighted by atomic mass is 35.5. The lowest BCUT2D eigenvalue weighted by Gasteiger charge is -2.47. The van der Waals surface area contributed by atoms with E-state index in [9.17, 15) is 19.5 Å². The van der Waals surface area contributed by atoms with Crippen molar-refractivity contribution in [3.8, 4) is 0 Å². The lowest BCUT2D eigenvalue weighted by Crippen LogP contribution is -2.62. The highest BCUT2D eigenvalue weighted by Gasteiger charge is 2.61. The van der Waals surface area contributed by atoms with Gasteiger partial charge in [0.05, 0.1) is 6.42 Å². The molecule has 1 saturated carbocycles. The summed E-state index contributed by atoms with van der Waals surface area (Å²) in [4.78, 5) is 38.1. The number of anilines is 1. The topological polar surface area (TPSA) is 95.5 Å². The molecular weight excluding hydrogens is 451 g/mol. The van der Waals surface area contributed by atoms with Crippen molar-refractivity contribution < 1.29 is 19.5 Å². The van der Waals surface area contributed by atoms with Crippen molar-refractivity contribution >= 4 is 46.7 Å². The number of carboxylic acids is 1. The van der Waals surface area contributed by atoms with Gasteiger partial charge in [0.15, 0.2) is 5.54 Å². The van der Waals surface area contributed by atoms with Crippen LogP contribution in [0, 0.1) is 17.8 Å². The normalized spacial score (nSPS) is 27.6. The number of aliphatic carboxylic acids is 1. The third kappa shape index (κ3) is 3.46. The molecule has 0 aromatic heterocycles. The summed E-state index contributed by atoms with van der Waals surface area (Å²) in [7, 11) is 0. The first-order chi connectivity index (χ1) is 15.3. The Hall–Kier alpha value is -2.57. The Morgan fingerprint density at radius 1 is 1.12 bits per heavy atom. The fourth-order valence-electron chi connectivity index (χ4n) is 5.58. The number of fused-ring (bicyclic) bond motifs is 2. The van der Waals surface area contributed by atoms with Crippen molar-refractivity contribution in [3.63, 3.8) is 0 Å². The first-order valence-corrected chi connectivity index (χ1v) is 11.5. The number of hydrogen-bond acceptors (Lipinski definition) is 3. The molecule has 2 fully saturated rings. The van der Waals surface area contributed by atoms with Gasteiger partial charge in [0, 0.05) is 33.1 Å². The molecule has 166 valence electrons. The molecule has 5 rings (SSSR count). The van der Waals surface area contributed by atoms with Gasteiger partial charge in [-0.25, -0.2) is 0 Å². The predicted molar refractivity (Wildman–Crippen MR) is 121 cm³/mol. The van der Waals surface area contributed by atoms with Gasteiger partial charge in [-0.05, 0) is 60.9 Å². The van der Waals surface area contributed by atoms with Crippen LogP contribution in [0.4, 0.5) is 5.69 Å². The number of rotatable bonds is 5. The Morgan fingerprint density at radius 3 is 2.56 bits per heavy atom. The van der Waals surface area contributed by atoms with Gasteiger partial charge in [-0.15, -0.1) is 0 Å². The third-order valence-corrected chi connectivity index (χ3v) is 7.49. The van der Waals surface area contributed by atoms with E-state index in [0.29, 0.717) is 33.6 Å². The van der Waals surface area contributed by atoms with Crippen LogP contribution < -0.4 is 10.6 Å². The summed E-state index contributed by atoms with van der Waals surface area (Å²) in [5.74, 6) is -2.53. The molecule has 2 aromatic carbocycles. The Morgan fingerprint density at radius 2 is 1.88 bits per heavy atom. The smallest absolute Gasteiger partial charge is 0.304 e. The van der Waals surface area contributed by atoms with Crippen LogP contribution in [-0.2, 0) is 19.9 Å². The fraction of sp³-hybridized carbons (Fsp3) is 0.375. The van der Waals surface area contributed by atoms with Crippen LogP contribution in [0.5, 0.6) is 0 Å². The molecule has 32 heavy (non-hydrogen) atoms. The van der Waals surface area contributed by atoms with E-state index in [1.165, 1.54) is 0 Å². The van der Waals surface area contributed by atoms with Crippen LogP contribution in [-0.4, -0.2) is 22.9 Å². The molecule has 2 amide bonds. The predicted octanol–water partition coefficient (Wildman–Crippen LogP) is 4.56. The van der Waals surface area contributed by atoms with Crippen molar-refractivity contribution in [2.45, 2.75) is 37.1 Å². The zero-order valence-corrected chi connectivity index (χ0v) is 18.6. The van der Waals surface area contributed by atoms with E-state index >= 15 is 0 Å². The summed E-state index contributed by atoms with van der Waals surface area (Å²) < 4.78 is 0. The second-order valence-corrected chi connectivity index (χ2v) is 9.87. The van der Waals surface area contributed by atoms with Gasteiger partial charge in [-0.1, -0.05) is 41.4 Å². The maximum atomic E-state index is 13.5. The second-order valence-electron chi connectivity index (χ2n) is 9.00. The molecule has 4 atom stereocenters. The van der Waals surface area contributed by atoms with Crippen LogP contribution in [0.2, 0.25) is 10.0 Å². The summed E-state index contributed by atoms with van der Waals surface area (Å²) in [5.41, 5.74) is 0.961. The standard InChI is InChI=1S/C24H22Cl2N2O4/c25-15-3-1-2-13(8-15)21(12-4-5-12)18-9-14(10-20(29)30)22(31)28-24(18)17-7-6-16(26)11-19(17)27-23(24)32/h1-3,6-8,11-12,14,18,21H,4-5,9-10H2,(H,27,32)(H,28,31)(H,29,30). The van der Waals surface area contributed by atoms with E-state index in [1.54, 1.807) is 24.3 Å². The number of halogens is 2. The van der Waals surface area contributed by atoms with Crippen molar-refractivity contribution in [1.82, 2.24) is 5.32 Å². The monoisotopic (exact) mass is 472 g/mol. The molecule has 3 N–H and O–H groups in total. The molecule has 1 aliphatic carbocycles. The Bertz CT molecular complexity index is 1130. The van der Waals surface area contributed by atoms with Crippen molar-refractivity contribution in [2.24, 2.45) is 17.8 Å². The minimum absolute atomic E-state index is 0.0574. The number of benzene rings is 2. The lowest BCUT2D eigenvalue weighted by molar-refractivity contribution is -0.147. The molecule has 0 radical (unpaired) electrons. The van der Waals surface area contributed by atoms with Gasteiger partial charge in [0.1, 0.15) is 0 Å². The highest BCUT2D eigenvalue weighted by Crippen LogP contribution is 2.57. The van der Waals surface area contributed by atoms with Gasteiger partial charge >= 0.3 is 5.97 Å². The average molecular weight is 473 g/mol. The average Bonchev–Trinajstić information content (AvgIpc) is 3.51. The van der Waals surface area contributed by atoms with E-state index in [4.69, 9.17) is 23.2 Å². The van der Waals surface area contributed by atoms with Gasteiger partial charge in [0.2, 0.25) is 5.91 Å². The minimum atomic E-state index is -1.29. The number of hydrogen-bond donors (Lipinski definition) is 3. The number of amides is 2. The molecule has 1 saturated heterocycles. The van der Waals surface area contributed by atoms with Gasteiger partial charge < -0.3 is 15.7 Å². The van der Waals surface area contributed by atoms with Crippen molar-refractivity contribution in [2.75, 3.05) is 5.32 Å². The molecule has 2 aromatic rings. The Labute approximate surface area is 195 Å². The van der Waals surface area contributed by atoms with Crippen LogP contribution in [0.1, 0.15) is 42.7 Å². The molecule has 4 unspecified atom stereocenters. The Balaban J connectivity index is 1.67. The van der Waals surface area contributed by atoms with E-state index in [2.05, 4.69) is 10.6 Å². The largest absolute Gasteiger partial charge is 0.481 e. The molecule has 8 heteroatoms. The number of carboxylic acid groups (broad SMARTS) is 1. The van der Waals surface area contributed by atoms with E-state index in [-0.39, 0.29) is 24.2 Å². The maximum Gasteiger partial charge on any atom is 0.304 e. The zero-order valence-electron chi connectivity index (χ0n) is 17.1. The SMILES string of the molecule is O=C(O)CC1CC(C(c2cccc(Cl)c2)C2CC2)C2(NC1=O)C(=O)Nc1cc(Cl)ccc12. The van der Waals surface area contributed by atoms with E-state index in [0.717, 1.165) is 18.4 Å². The molecule has 2 heterocycles. The van der Waals surface area contributed by atoms with E-state index < -0.39 is 23.3 Å². The molecular formula is C24H22Cl2N2O4. The third-order valence-electron chi connectivity index (χ3n) is 7.02. The summed E-state index contributed by atoms with van der Waals surface area (Å²) in [6, 6.07) is 12.8. The lowest BCUT2D eigenvalue weighted by atomic mass is 9.62. The van der Waals surface area contributed by atoms with Crippen LogP contribution in [0.25, 0.3) is 0 Å². The molecule has 2 aliphatic heterocycles. The van der Waals surface area contributed by atoms with Gasteiger partial charge in [-0.2, -0.15) is 0 Å². The van der Waals surface area contributed by atoms with Gasteiger partial charge in [0.25, 0.3) is 5.91 Å². The van der Waals surface area contributed by atoms with Gasteiger partial charge in [-0.3, -0.25) is 14.4 Å². The summed E-state index contributed by atoms with van der Waals surface area (Å²) in [5, 5.41) is 16.4. The molecule has 0 bridgehead atoms. The zero-order chi connectivity index (χ0) is 22.6. The van der Waals surface area contributed by atoms with E-state index in [1.807, 2.05) is 18.2 Å². The van der Waals surface area contributed by atoms with Crippen molar-refractivity contribution in [3.05, 3.63) is 63.6 Å². The molecule has 6 nitrogen and oxygen atoms in total. The second kappa shape index (κ2) is 7.78. The first kappa shape index (κ1) is 21.3. The van der Waals surface area contributed by atoms with Crippen LogP contribution >= 0.6 is 23.2 Å². The summed E-state index contributed by atoms with van der Waals surface area (Å²) in [6.45, 7) is 0. The number of carbonyl (C=O) groups excluding carboxylic acids is 2. The number of piperidine rings is 1. The van der Waals surface area contributed by atoms with Crippen LogP contribution in [0.3, 0.4) is 0 Å². The quantitative estimate of drug-likeness (QED) is 0.593. The number of carbonyl (C=O) groups is 3. The highest BCUT2D eigenvalue weighted by molar-refractivity contribution is 6.31. The summed E-state index contributed by atoms with van der Waals surface area (Å²) >= 11 is 12.5. The molecule has 3 aliphatic rings. The number of nitrogens with one attached hydrogen (secondary N) is 2. The maximum absolute atomic E-state index is 13.5. The summed E-state index contributed by atoms with van der Waals surface area (Å²) in [6.07, 6.45) is 2.04. The van der Waals surface area contributed by atoms with Crippen molar-refractivity contribution in [1.29, 1.82) is 0 Å². The molecule has 1 spiro atoms. The fourth-order valence-corrected chi connectivity index (χ4v) is 5.95. The van der Waals surface area contributed by atoms with Crippen LogP contribution in [0.15, 0.2) is 42.5 Å². The Kier molecular flexibility index (Phi) is 5.18. The minimum Gasteiger partial charge on any atom is -0.481 e. The first-order valence-electron chi connectivity index (χ1n) is 10.7.